The van der Waals surface area contributed by atoms with Gasteiger partial charge in [0.1, 0.15) is 17.9 Å². The molecule has 0 atom stereocenters. The van der Waals surface area contributed by atoms with Crippen LogP contribution in [0, 0.1) is 12.3 Å². The van der Waals surface area contributed by atoms with Crippen molar-refractivity contribution >= 4 is 40.9 Å². The van der Waals surface area contributed by atoms with Crippen molar-refractivity contribution in [1.29, 1.82) is 0 Å². The number of ether oxygens (including phenoxy) is 1. The van der Waals surface area contributed by atoms with Crippen LogP contribution in [0.2, 0.25) is 0 Å². The quantitative estimate of drug-likeness (QED) is 0.369. The lowest BCUT2D eigenvalue weighted by Crippen LogP contribution is -2.54. The molecule has 1 saturated heterocycles. The minimum Gasteiger partial charge on any atom is -0.481 e. The number of anilines is 1. The highest BCUT2D eigenvalue weighted by molar-refractivity contribution is 7.80. The summed E-state index contributed by atoms with van der Waals surface area (Å²) in [7, 11) is 0. The van der Waals surface area contributed by atoms with E-state index in [1.54, 1.807) is 24.3 Å². The van der Waals surface area contributed by atoms with Crippen molar-refractivity contribution in [2.45, 2.75) is 13.3 Å². The van der Waals surface area contributed by atoms with Crippen LogP contribution in [0.15, 0.2) is 54.1 Å². The number of terminal acetylenes is 1. The van der Waals surface area contributed by atoms with Crippen molar-refractivity contribution in [3.63, 3.8) is 0 Å². The summed E-state index contributed by atoms with van der Waals surface area (Å²) in [5.74, 6) is 2.01. The summed E-state index contributed by atoms with van der Waals surface area (Å²) in [4.78, 5) is 26.6. The van der Waals surface area contributed by atoms with Gasteiger partial charge in [0.25, 0.3) is 11.8 Å². The molecule has 1 aliphatic rings. The van der Waals surface area contributed by atoms with Gasteiger partial charge in [0, 0.05) is 0 Å². The van der Waals surface area contributed by atoms with Crippen molar-refractivity contribution in [3.8, 4) is 18.1 Å². The van der Waals surface area contributed by atoms with Crippen molar-refractivity contribution in [2.75, 3.05) is 11.5 Å². The second kappa shape index (κ2) is 8.51. The Morgan fingerprint density at radius 3 is 2.43 bits per heavy atom. The van der Waals surface area contributed by atoms with E-state index in [1.165, 1.54) is 11.0 Å². The SMILES string of the molecule is C#CCOc1ccc(/C=C2\C(=O)NC(=S)N(c3ccc(CC)cc3)C2=O)cc1. The first-order chi connectivity index (χ1) is 13.5. The molecule has 28 heavy (non-hydrogen) atoms. The van der Waals surface area contributed by atoms with Gasteiger partial charge in [-0.05, 0) is 60.1 Å². The third-order valence-corrected chi connectivity index (χ3v) is 4.50. The molecule has 1 aliphatic heterocycles. The standard InChI is InChI=1S/C22H18N2O3S/c1-3-13-27-18-11-7-16(8-12-18)14-19-20(25)23-22(28)24(21(19)26)17-9-5-15(4-2)6-10-17/h1,5-12,14H,4,13H2,2H3,(H,23,25,28)/b19-14+. The zero-order valence-electron chi connectivity index (χ0n) is 15.3. The van der Waals surface area contributed by atoms with E-state index in [9.17, 15) is 9.59 Å². The number of carbonyl (C=O) groups excluding carboxylic acids is 2. The van der Waals surface area contributed by atoms with Gasteiger partial charge in [0.05, 0.1) is 5.69 Å². The average molecular weight is 390 g/mol. The van der Waals surface area contributed by atoms with Crippen LogP contribution < -0.4 is 15.0 Å². The number of nitrogens with one attached hydrogen (secondary N) is 1. The number of rotatable bonds is 5. The van der Waals surface area contributed by atoms with Gasteiger partial charge in [-0.15, -0.1) is 6.42 Å². The molecule has 1 N–H and O–H groups in total. The Hall–Kier alpha value is -3.43. The molecule has 0 spiro atoms. The molecule has 0 aliphatic carbocycles. The van der Waals surface area contributed by atoms with E-state index < -0.39 is 11.8 Å². The maximum atomic E-state index is 13.0. The van der Waals surface area contributed by atoms with E-state index in [-0.39, 0.29) is 17.3 Å². The number of carbonyl (C=O) groups is 2. The highest BCUT2D eigenvalue weighted by Crippen LogP contribution is 2.23. The third-order valence-electron chi connectivity index (χ3n) is 4.22. The molecule has 3 rings (SSSR count). The summed E-state index contributed by atoms with van der Waals surface area (Å²) in [6.45, 7) is 2.22. The maximum absolute atomic E-state index is 13.0. The molecule has 2 aromatic carbocycles. The second-order valence-corrected chi connectivity index (χ2v) is 6.43. The number of amides is 2. The fourth-order valence-corrected chi connectivity index (χ4v) is 3.01. The van der Waals surface area contributed by atoms with Gasteiger partial charge in [-0.2, -0.15) is 0 Å². The molecule has 140 valence electrons. The lowest BCUT2D eigenvalue weighted by molar-refractivity contribution is -0.122. The van der Waals surface area contributed by atoms with Gasteiger partial charge in [-0.25, -0.2) is 0 Å². The van der Waals surface area contributed by atoms with Gasteiger partial charge in [-0.1, -0.05) is 37.1 Å². The molecule has 6 heteroatoms. The fourth-order valence-electron chi connectivity index (χ4n) is 2.72. The summed E-state index contributed by atoms with van der Waals surface area (Å²) < 4.78 is 5.32. The lowest BCUT2D eigenvalue weighted by Gasteiger charge is -2.29. The number of hydrogen-bond donors (Lipinski definition) is 1. The normalized spacial score (nSPS) is 15.4. The molecule has 0 unspecified atom stereocenters. The Morgan fingerprint density at radius 2 is 1.82 bits per heavy atom. The van der Waals surface area contributed by atoms with E-state index in [4.69, 9.17) is 23.4 Å². The van der Waals surface area contributed by atoms with Gasteiger partial charge in [-0.3, -0.25) is 19.8 Å². The largest absolute Gasteiger partial charge is 0.481 e. The van der Waals surface area contributed by atoms with Crippen molar-refractivity contribution in [1.82, 2.24) is 5.32 Å². The summed E-state index contributed by atoms with van der Waals surface area (Å²) >= 11 is 5.21. The molecular formula is C22H18N2O3S. The zero-order valence-corrected chi connectivity index (χ0v) is 16.1. The summed E-state index contributed by atoms with van der Waals surface area (Å²) in [5, 5.41) is 2.64. The molecule has 1 fully saturated rings. The zero-order chi connectivity index (χ0) is 20.1. The Balaban J connectivity index is 1.88. The van der Waals surface area contributed by atoms with Crippen molar-refractivity contribution in [2.24, 2.45) is 0 Å². The molecule has 0 aromatic heterocycles. The number of hydrogen-bond acceptors (Lipinski definition) is 4. The Kier molecular flexibility index (Phi) is 5.87. The van der Waals surface area contributed by atoms with E-state index in [0.717, 1.165) is 12.0 Å². The first-order valence-corrected chi connectivity index (χ1v) is 9.11. The molecular weight excluding hydrogens is 372 g/mol. The van der Waals surface area contributed by atoms with Gasteiger partial charge in [0.15, 0.2) is 5.11 Å². The number of benzene rings is 2. The fraction of sp³-hybridized carbons (Fsp3) is 0.136. The summed E-state index contributed by atoms with van der Waals surface area (Å²) in [6.07, 6.45) is 7.58. The average Bonchev–Trinajstić information content (AvgIpc) is 2.71. The first kappa shape index (κ1) is 19.3. The molecule has 5 nitrogen and oxygen atoms in total. The van der Waals surface area contributed by atoms with Crippen molar-refractivity contribution in [3.05, 3.63) is 65.2 Å². The number of thiocarbonyl (C=S) groups is 1. The maximum Gasteiger partial charge on any atom is 0.270 e. The van der Waals surface area contributed by atoms with Gasteiger partial charge >= 0.3 is 0 Å². The minimum absolute atomic E-state index is 0.00506. The molecule has 2 amide bonds. The number of aryl methyl sites for hydroxylation is 1. The molecule has 1 heterocycles. The van der Waals surface area contributed by atoms with Crippen molar-refractivity contribution < 1.29 is 14.3 Å². The van der Waals surface area contributed by atoms with E-state index in [0.29, 0.717) is 17.0 Å². The molecule has 0 bridgehead atoms. The van der Waals surface area contributed by atoms with Crippen LogP contribution in [0.4, 0.5) is 5.69 Å². The predicted molar refractivity (Wildman–Crippen MR) is 113 cm³/mol. The third kappa shape index (κ3) is 4.11. The van der Waals surface area contributed by atoms with Gasteiger partial charge < -0.3 is 4.74 Å². The Morgan fingerprint density at radius 1 is 1.14 bits per heavy atom. The highest BCUT2D eigenvalue weighted by Gasteiger charge is 2.34. The first-order valence-electron chi connectivity index (χ1n) is 8.70. The summed E-state index contributed by atoms with van der Waals surface area (Å²) in [6, 6.07) is 14.4. The highest BCUT2D eigenvalue weighted by atomic mass is 32.1. The monoisotopic (exact) mass is 390 g/mol. The van der Waals surface area contributed by atoms with Crippen LogP contribution in [0.5, 0.6) is 5.75 Å². The summed E-state index contributed by atoms with van der Waals surface area (Å²) in [5.41, 5.74) is 2.44. The van der Waals surface area contributed by atoms with Crippen LogP contribution in [0.1, 0.15) is 18.1 Å². The van der Waals surface area contributed by atoms with Crippen LogP contribution in [-0.2, 0) is 16.0 Å². The van der Waals surface area contributed by atoms with E-state index in [2.05, 4.69) is 18.2 Å². The second-order valence-electron chi connectivity index (χ2n) is 6.04. The minimum atomic E-state index is -0.524. The Labute approximate surface area is 169 Å². The van der Waals surface area contributed by atoms with E-state index >= 15 is 0 Å². The van der Waals surface area contributed by atoms with Crippen LogP contribution in [0.25, 0.3) is 6.08 Å². The molecule has 2 aromatic rings. The van der Waals surface area contributed by atoms with Crippen LogP contribution in [0.3, 0.4) is 0 Å². The van der Waals surface area contributed by atoms with Gasteiger partial charge in [0.2, 0.25) is 0 Å². The Bertz CT molecular complexity index is 986. The van der Waals surface area contributed by atoms with E-state index in [1.807, 2.05) is 24.3 Å². The number of nitrogens with zero attached hydrogens (tertiary/aromatic N) is 1. The van der Waals surface area contributed by atoms with Crippen LogP contribution in [-0.4, -0.2) is 23.5 Å². The molecule has 0 saturated carbocycles. The topological polar surface area (TPSA) is 58.6 Å². The smallest absolute Gasteiger partial charge is 0.270 e. The van der Waals surface area contributed by atoms with Crippen LogP contribution >= 0.6 is 12.2 Å². The predicted octanol–water partition coefficient (Wildman–Crippen LogP) is 3.09. The molecule has 0 radical (unpaired) electrons. The lowest BCUT2D eigenvalue weighted by atomic mass is 10.1.